The molecule has 7 heteroatoms. The Bertz CT molecular complexity index is 752. The SMILES string of the molecule is CC(C)Sc1nnc(Cc2csc(-c3ccc(Cl)cc3)n2)o1. The van der Waals surface area contributed by atoms with Crippen molar-refractivity contribution >= 4 is 34.7 Å². The first-order chi connectivity index (χ1) is 10.6. The lowest BCUT2D eigenvalue weighted by Gasteiger charge is -1.96. The lowest BCUT2D eigenvalue weighted by Crippen LogP contribution is -1.88. The predicted molar refractivity (Wildman–Crippen MR) is 90.7 cm³/mol. The summed E-state index contributed by atoms with van der Waals surface area (Å²) in [7, 11) is 0. The summed E-state index contributed by atoms with van der Waals surface area (Å²) in [5, 5.41) is 12.8. The Labute approximate surface area is 141 Å². The third-order valence-corrected chi connectivity index (χ3v) is 4.79. The number of halogens is 1. The van der Waals surface area contributed by atoms with Crippen molar-refractivity contribution in [1.29, 1.82) is 0 Å². The summed E-state index contributed by atoms with van der Waals surface area (Å²) < 4.78 is 5.62. The first-order valence-electron chi connectivity index (χ1n) is 6.79. The fraction of sp³-hybridized carbons (Fsp3) is 0.267. The van der Waals surface area contributed by atoms with E-state index in [9.17, 15) is 0 Å². The Morgan fingerprint density at radius 3 is 2.73 bits per heavy atom. The van der Waals surface area contributed by atoms with Crippen molar-refractivity contribution in [3.05, 3.63) is 46.3 Å². The quantitative estimate of drug-likeness (QED) is 0.609. The van der Waals surface area contributed by atoms with Crippen LogP contribution in [0.1, 0.15) is 25.4 Å². The number of aromatic nitrogens is 3. The highest BCUT2D eigenvalue weighted by molar-refractivity contribution is 7.99. The molecule has 0 aliphatic carbocycles. The summed E-state index contributed by atoms with van der Waals surface area (Å²) in [6, 6.07) is 7.67. The highest BCUT2D eigenvalue weighted by atomic mass is 35.5. The van der Waals surface area contributed by atoms with Crippen LogP contribution in [0.4, 0.5) is 0 Å². The van der Waals surface area contributed by atoms with Crippen molar-refractivity contribution in [2.45, 2.75) is 30.7 Å². The first-order valence-corrected chi connectivity index (χ1v) is 8.93. The van der Waals surface area contributed by atoms with Gasteiger partial charge in [-0.3, -0.25) is 0 Å². The van der Waals surface area contributed by atoms with Crippen molar-refractivity contribution in [2.24, 2.45) is 0 Å². The van der Waals surface area contributed by atoms with E-state index in [0.29, 0.717) is 22.8 Å². The van der Waals surface area contributed by atoms with E-state index in [-0.39, 0.29) is 0 Å². The van der Waals surface area contributed by atoms with Crippen LogP contribution in [-0.2, 0) is 6.42 Å². The molecule has 0 spiro atoms. The molecule has 4 nitrogen and oxygen atoms in total. The van der Waals surface area contributed by atoms with Crippen LogP contribution in [0.2, 0.25) is 5.02 Å². The van der Waals surface area contributed by atoms with Crippen molar-refractivity contribution < 1.29 is 4.42 Å². The smallest absolute Gasteiger partial charge is 0.276 e. The van der Waals surface area contributed by atoms with Crippen LogP contribution >= 0.6 is 34.7 Å². The maximum absolute atomic E-state index is 5.90. The van der Waals surface area contributed by atoms with Gasteiger partial charge < -0.3 is 4.42 Å². The highest BCUT2D eigenvalue weighted by Crippen LogP contribution is 2.26. The van der Waals surface area contributed by atoms with Crippen molar-refractivity contribution in [2.75, 3.05) is 0 Å². The molecule has 2 aromatic heterocycles. The van der Waals surface area contributed by atoms with Crippen LogP contribution in [-0.4, -0.2) is 20.4 Å². The molecule has 2 heterocycles. The van der Waals surface area contributed by atoms with E-state index in [1.807, 2.05) is 29.6 Å². The number of thiazole rings is 1. The fourth-order valence-corrected chi connectivity index (χ4v) is 3.41. The van der Waals surface area contributed by atoms with Crippen LogP contribution in [0, 0.1) is 0 Å². The monoisotopic (exact) mass is 351 g/mol. The molecule has 0 saturated heterocycles. The predicted octanol–water partition coefficient (Wildman–Crippen LogP) is 4.94. The summed E-state index contributed by atoms with van der Waals surface area (Å²) in [6.07, 6.45) is 0.551. The third kappa shape index (κ3) is 3.88. The van der Waals surface area contributed by atoms with E-state index in [2.05, 4.69) is 29.0 Å². The molecule has 3 aromatic rings. The zero-order chi connectivity index (χ0) is 15.5. The molecule has 0 saturated carbocycles. The zero-order valence-electron chi connectivity index (χ0n) is 12.1. The minimum Gasteiger partial charge on any atom is -0.416 e. The lowest BCUT2D eigenvalue weighted by atomic mass is 10.2. The van der Waals surface area contributed by atoms with Gasteiger partial charge in [0.25, 0.3) is 5.22 Å². The Balaban J connectivity index is 1.71. The van der Waals surface area contributed by atoms with Crippen molar-refractivity contribution in [3.8, 4) is 10.6 Å². The maximum Gasteiger partial charge on any atom is 0.276 e. The van der Waals surface area contributed by atoms with E-state index in [1.165, 1.54) is 0 Å². The molecule has 0 aliphatic rings. The summed E-state index contributed by atoms with van der Waals surface area (Å²) in [4.78, 5) is 4.62. The molecular formula is C15H14ClN3OS2. The van der Waals surface area contributed by atoms with Crippen molar-refractivity contribution in [1.82, 2.24) is 15.2 Å². The maximum atomic E-state index is 5.90. The van der Waals surface area contributed by atoms with Gasteiger partial charge in [-0.2, -0.15) is 0 Å². The van der Waals surface area contributed by atoms with E-state index < -0.39 is 0 Å². The number of hydrogen-bond donors (Lipinski definition) is 0. The molecule has 114 valence electrons. The van der Waals surface area contributed by atoms with E-state index in [1.54, 1.807) is 23.1 Å². The van der Waals surface area contributed by atoms with Gasteiger partial charge in [-0.25, -0.2) is 4.98 Å². The number of thioether (sulfide) groups is 1. The highest BCUT2D eigenvalue weighted by Gasteiger charge is 2.12. The molecule has 22 heavy (non-hydrogen) atoms. The van der Waals surface area contributed by atoms with E-state index in [4.69, 9.17) is 16.0 Å². The van der Waals surface area contributed by atoms with Crippen molar-refractivity contribution in [3.63, 3.8) is 0 Å². The molecule has 0 radical (unpaired) electrons. The molecule has 3 rings (SSSR count). The van der Waals surface area contributed by atoms with Gasteiger partial charge in [0.2, 0.25) is 5.89 Å². The minimum atomic E-state index is 0.420. The second-order valence-corrected chi connectivity index (χ2v) is 7.78. The second-order valence-electron chi connectivity index (χ2n) is 4.96. The Hall–Kier alpha value is -1.37. The van der Waals surface area contributed by atoms with Gasteiger partial charge in [-0.15, -0.1) is 21.5 Å². The lowest BCUT2D eigenvalue weighted by molar-refractivity contribution is 0.419. The van der Waals surface area contributed by atoms with Crippen LogP contribution in [0.5, 0.6) is 0 Å². The van der Waals surface area contributed by atoms with E-state index in [0.717, 1.165) is 21.3 Å². The van der Waals surface area contributed by atoms with Gasteiger partial charge >= 0.3 is 0 Å². The number of nitrogens with zero attached hydrogens (tertiary/aromatic N) is 3. The van der Waals surface area contributed by atoms with Gasteiger partial charge in [0.15, 0.2) is 0 Å². The number of benzene rings is 1. The first kappa shape index (κ1) is 15.5. The molecule has 0 aliphatic heterocycles. The minimum absolute atomic E-state index is 0.420. The molecule has 1 aromatic carbocycles. The molecule has 0 atom stereocenters. The third-order valence-electron chi connectivity index (χ3n) is 2.76. The second kappa shape index (κ2) is 6.81. The van der Waals surface area contributed by atoms with Gasteiger partial charge in [0.05, 0.1) is 12.1 Å². The van der Waals surface area contributed by atoms with E-state index >= 15 is 0 Å². The number of hydrogen-bond acceptors (Lipinski definition) is 6. The molecule has 0 amide bonds. The van der Waals surface area contributed by atoms with Gasteiger partial charge in [-0.05, 0) is 12.1 Å². The standard InChI is InChI=1S/C15H14ClN3OS2/c1-9(2)22-15-19-18-13(20-15)7-12-8-21-14(17-12)10-3-5-11(16)6-4-10/h3-6,8-9H,7H2,1-2H3. The molecule has 0 fully saturated rings. The average Bonchev–Trinajstić information content (AvgIpc) is 3.09. The summed E-state index contributed by atoms with van der Waals surface area (Å²) in [6.45, 7) is 4.18. The summed E-state index contributed by atoms with van der Waals surface area (Å²) in [5.41, 5.74) is 1.99. The molecule has 0 unspecified atom stereocenters. The average molecular weight is 352 g/mol. The number of rotatable bonds is 5. The summed E-state index contributed by atoms with van der Waals surface area (Å²) in [5.74, 6) is 0.594. The normalized spacial score (nSPS) is 11.3. The van der Waals surface area contributed by atoms with Gasteiger partial charge in [0, 0.05) is 21.2 Å². The Morgan fingerprint density at radius 1 is 1.23 bits per heavy atom. The fourth-order valence-electron chi connectivity index (χ4n) is 1.83. The molecule has 0 bridgehead atoms. The summed E-state index contributed by atoms with van der Waals surface area (Å²) >= 11 is 9.06. The zero-order valence-corrected chi connectivity index (χ0v) is 14.5. The molecular weight excluding hydrogens is 338 g/mol. The Morgan fingerprint density at radius 2 is 2.00 bits per heavy atom. The molecule has 0 N–H and O–H groups in total. The topological polar surface area (TPSA) is 51.8 Å². The van der Waals surface area contributed by atoms with Crippen LogP contribution in [0.25, 0.3) is 10.6 Å². The van der Waals surface area contributed by atoms with Crippen LogP contribution in [0.3, 0.4) is 0 Å². The van der Waals surface area contributed by atoms with Gasteiger partial charge in [0.1, 0.15) is 5.01 Å². The van der Waals surface area contributed by atoms with Gasteiger partial charge in [-0.1, -0.05) is 49.3 Å². The Kier molecular flexibility index (Phi) is 4.81. The van der Waals surface area contributed by atoms with Crippen LogP contribution in [0.15, 0.2) is 39.3 Å². The largest absolute Gasteiger partial charge is 0.416 e. The van der Waals surface area contributed by atoms with Crippen LogP contribution < -0.4 is 0 Å².